The third-order valence-electron chi connectivity index (χ3n) is 3.64. The Morgan fingerprint density at radius 3 is 2.70 bits per heavy atom. The van der Waals surface area contributed by atoms with Crippen LogP contribution in [0.2, 0.25) is 0 Å². The molecule has 2 N–H and O–H groups in total. The molecule has 0 amide bonds. The summed E-state index contributed by atoms with van der Waals surface area (Å²) in [5.74, 6) is 1.29. The maximum atomic E-state index is 10.9. The van der Waals surface area contributed by atoms with Gasteiger partial charge in [0.2, 0.25) is 11.9 Å². The SMILES string of the molecule is CN(C)c1nc(N)nc(CN2Cc3ccc([N+](=O)[O-])cc3C2)n1. The van der Waals surface area contributed by atoms with Crippen molar-refractivity contribution in [3.05, 3.63) is 45.3 Å². The van der Waals surface area contributed by atoms with E-state index < -0.39 is 0 Å². The van der Waals surface area contributed by atoms with Gasteiger partial charge < -0.3 is 10.6 Å². The first-order valence-corrected chi connectivity index (χ1v) is 7.08. The van der Waals surface area contributed by atoms with Gasteiger partial charge in [-0.3, -0.25) is 15.0 Å². The van der Waals surface area contributed by atoms with Gasteiger partial charge in [-0.05, 0) is 11.1 Å². The highest BCUT2D eigenvalue weighted by Gasteiger charge is 2.22. The summed E-state index contributed by atoms with van der Waals surface area (Å²) in [6, 6.07) is 4.97. The molecule has 0 radical (unpaired) electrons. The number of aromatic nitrogens is 3. The number of rotatable bonds is 4. The Morgan fingerprint density at radius 1 is 1.26 bits per heavy atom. The number of nitrogens with zero attached hydrogens (tertiary/aromatic N) is 6. The maximum absolute atomic E-state index is 10.9. The van der Waals surface area contributed by atoms with Crippen LogP contribution in [0, 0.1) is 10.1 Å². The van der Waals surface area contributed by atoms with E-state index in [2.05, 4.69) is 19.9 Å². The van der Waals surface area contributed by atoms with Gasteiger partial charge in [-0.1, -0.05) is 6.07 Å². The summed E-state index contributed by atoms with van der Waals surface area (Å²) in [5, 5.41) is 10.9. The fourth-order valence-corrected chi connectivity index (χ4v) is 2.57. The van der Waals surface area contributed by atoms with E-state index >= 15 is 0 Å². The van der Waals surface area contributed by atoms with Crippen molar-refractivity contribution in [1.82, 2.24) is 19.9 Å². The van der Waals surface area contributed by atoms with Gasteiger partial charge in [0.1, 0.15) is 5.82 Å². The van der Waals surface area contributed by atoms with Crippen LogP contribution in [0.4, 0.5) is 17.6 Å². The van der Waals surface area contributed by atoms with Crippen molar-refractivity contribution in [3.63, 3.8) is 0 Å². The monoisotopic (exact) mass is 315 g/mol. The number of nitrogen functional groups attached to an aromatic ring is 1. The van der Waals surface area contributed by atoms with Crippen LogP contribution in [0.3, 0.4) is 0 Å². The van der Waals surface area contributed by atoms with Crippen molar-refractivity contribution in [3.8, 4) is 0 Å². The summed E-state index contributed by atoms with van der Waals surface area (Å²) >= 11 is 0. The Kier molecular flexibility index (Phi) is 3.78. The lowest BCUT2D eigenvalue weighted by molar-refractivity contribution is -0.384. The molecule has 2 heterocycles. The minimum Gasteiger partial charge on any atom is -0.368 e. The highest BCUT2D eigenvalue weighted by Crippen LogP contribution is 2.27. The standard InChI is InChI=1S/C14H17N7O2/c1-19(2)14-17-12(16-13(15)18-14)8-20-6-9-3-4-11(21(22)23)5-10(9)7-20/h3-5H,6-8H2,1-2H3,(H2,15,16,17,18). The molecular formula is C14H17N7O2. The Balaban J connectivity index is 1.77. The van der Waals surface area contributed by atoms with Crippen LogP contribution in [0.25, 0.3) is 0 Å². The molecule has 120 valence electrons. The first-order chi connectivity index (χ1) is 10.9. The largest absolute Gasteiger partial charge is 0.368 e. The van der Waals surface area contributed by atoms with E-state index in [-0.39, 0.29) is 16.6 Å². The number of benzene rings is 1. The summed E-state index contributed by atoms with van der Waals surface area (Å²) in [5.41, 5.74) is 7.90. The molecule has 1 aliphatic rings. The number of non-ortho nitro benzene ring substituents is 1. The molecule has 1 aliphatic heterocycles. The van der Waals surface area contributed by atoms with Gasteiger partial charge in [0, 0.05) is 39.3 Å². The van der Waals surface area contributed by atoms with E-state index in [0.717, 1.165) is 11.1 Å². The molecule has 0 aliphatic carbocycles. The molecule has 9 heteroatoms. The molecule has 0 atom stereocenters. The van der Waals surface area contributed by atoms with E-state index in [1.165, 1.54) is 6.07 Å². The third kappa shape index (κ3) is 3.19. The average Bonchev–Trinajstić information content (AvgIpc) is 2.87. The number of fused-ring (bicyclic) bond motifs is 1. The van der Waals surface area contributed by atoms with Gasteiger partial charge in [-0.15, -0.1) is 0 Å². The van der Waals surface area contributed by atoms with Crippen LogP contribution in [0.5, 0.6) is 0 Å². The van der Waals surface area contributed by atoms with Gasteiger partial charge in [-0.2, -0.15) is 15.0 Å². The summed E-state index contributed by atoms with van der Waals surface area (Å²) in [7, 11) is 3.67. The maximum Gasteiger partial charge on any atom is 0.269 e. The molecule has 0 saturated heterocycles. The second kappa shape index (κ2) is 5.76. The normalized spacial score (nSPS) is 13.8. The van der Waals surface area contributed by atoms with Crippen LogP contribution in [0.1, 0.15) is 17.0 Å². The van der Waals surface area contributed by atoms with Gasteiger partial charge >= 0.3 is 0 Å². The zero-order chi connectivity index (χ0) is 16.6. The summed E-state index contributed by atoms with van der Waals surface area (Å²) in [6.07, 6.45) is 0. The Labute approximate surface area is 132 Å². The predicted octanol–water partition coefficient (Wildman–Crippen LogP) is 0.944. The molecule has 0 saturated carbocycles. The summed E-state index contributed by atoms with van der Waals surface area (Å²) < 4.78 is 0. The van der Waals surface area contributed by atoms with Crippen LogP contribution < -0.4 is 10.6 Å². The van der Waals surface area contributed by atoms with E-state index in [1.54, 1.807) is 17.0 Å². The quantitative estimate of drug-likeness (QED) is 0.655. The minimum atomic E-state index is -0.376. The topological polar surface area (TPSA) is 114 Å². The molecule has 23 heavy (non-hydrogen) atoms. The zero-order valence-corrected chi connectivity index (χ0v) is 12.9. The van der Waals surface area contributed by atoms with E-state index in [0.29, 0.717) is 31.4 Å². The molecule has 0 fully saturated rings. The highest BCUT2D eigenvalue weighted by molar-refractivity contribution is 5.41. The lowest BCUT2D eigenvalue weighted by atomic mass is 10.1. The smallest absolute Gasteiger partial charge is 0.269 e. The molecule has 0 bridgehead atoms. The fraction of sp³-hybridized carbons (Fsp3) is 0.357. The Hall–Kier alpha value is -2.81. The van der Waals surface area contributed by atoms with Crippen molar-refractivity contribution >= 4 is 17.6 Å². The molecule has 2 aromatic rings. The molecule has 1 aromatic heterocycles. The zero-order valence-electron chi connectivity index (χ0n) is 12.9. The number of hydrogen-bond acceptors (Lipinski definition) is 8. The van der Waals surface area contributed by atoms with E-state index in [1.807, 2.05) is 14.1 Å². The lowest BCUT2D eigenvalue weighted by Crippen LogP contribution is -2.21. The van der Waals surface area contributed by atoms with Crippen molar-refractivity contribution in [2.24, 2.45) is 0 Å². The number of nitro groups is 1. The van der Waals surface area contributed by atoms with Crippen LogP contribution >= 0.6 is 0 Å². The van der Waals surface area contributed by atoms with Crippen molar-refractivity contribution in [2.45, 2.75) is 19.6 Å². The lowest BCUT2D eigenvalue weighted by Gasteiger charge is -2.16. The molecule has 1 aromatic carbocycles. The number of nitro benzene ring substituents is 1. The van der Waals surface area contributed by atoms with Gasteiger partial charge in [0.15, 0.2) is 0 Å². The minimum absolute atomic E-state index is 0.116. The van der Waals surface area contributed by atoms with E-state index in [9.17, 15) is 10.1 Å². The first kappa shape index (κ1) is 15.1. The van der Waals surface area contributed by atoms with Gasteiger partial charge in [0.25, 0.3) is 5.69 Å². The summed E-state index contributed by atoms with van der Waals surface area (Å²) in [6.45, 7) is 1.84. The first-order valence-electron chi connectivity index (χ1n) is 7.08. The Bertz CT molecular complexity index is 763. The molecule has 9 nitrogen and oxygen atoms in total. The molecular weight excluding hydrogens is 298 g/mol. The van der Waals surface area contributed by atoms with Gasteiger partial charge in [-0.25, -0.2) is 0 Å². The number of anilines is 2. The summed E-state index contributed by atoms with van der Waals surface area (Å²) in [4.78, 5) is 27.0. The van der Waals surface area contributed by atoms with Crippen LogP contribution in [-0.4, -0.2) is 38.9 Å². The van der Waals surface area contributed by atoms with Gasteiger partial charge in [0.05, 0.1) is 11.5 Å². The predicted molar refractivity (Wildman–Crippen MR) is 84.6 cm³/mol. The third-order valence-corrected chi connectivity index (χ3v) is 3.64. The van der Waals surface area contributed by atoms with Crippen molar-refractivity contribution in [1.29, 1.82) is 0 Å². The van der Waals surface area contributed by atoms with Crippen molar-refractivity contribution < 1.29 is 4.92 Å². The second-order valence-electron chi connectivity index (χ2n) is 5.66. The molecule has 0 unspecified atom stereocenters. The molecule has 3 rings (SSSR count). The molecule has 0 spiro atoms. The number of nitrogens with two attached hydrogens (primary N) is 1. The average molecular weight is 315 g/mol. The second-order valence-corrected chi connectivity index (χ2v) is 5.66. The fourth-order valence-electron chi connectivity index (χ4n) is 2.57. The van der Waals surface area contributed by atoms with E-state index in [4.69, 9.17) is 5.73 Å². The van der Waals surface area contributed by atoms with Crippen LogP contribution in [-0.2, 0) is 19.6 Å². The van der Waals surface area contributed by atoms with Crippen molar-refractivity contribution in [2.75, 3.05) is 24.7 Å². The highest BCUT2D eigenvalue weighted by atomic mass is 16.6. The Morgan fingerprint density at radius 2 is 2.00 bits per heavy atom. The number of hydrogen-bond donors (Lipinski definition) is 1. The van der Waals surface area contributed by atoms with Crippen LogP contribution in [0.15, 0.2) is 18.2 Å².